The summed E-state index contributed by atoms with van der Waals surface area (Å²) in [5.41, 5.74) is 4.82. The standard InChI is InChI=1S/C14H20N2O2S/c1-14(2,11-4-3-9-19-11)13(18)16-7-5-10(6-8-16)12(15)17/h3-4,9-10H,5-8H2,1-2H3,(H2,15,17). The van der Waals surface area contributed by atoms with Gasteiger partial charge in [-0.3, -0.25) is 9.59 Å². The van der Waals surface area contributed by atoms with E-state index in [2.05, 4.69) is 0 Å². The number of hydrogen-bond acceptors (Lipinski definition) is 3. The Hall–Kier alpha value is -1.36. The van der Waals surface area contributed by atoms with Crippen molar-refractivity contribution in [1.29, 1.82) is 0 Å². The van der Waals surface area contributed by atoms with Crippen LogP contribution >= 0.6 is 11.3 Å². The molecular formula is C14H20N2O2S. The molecule has 5 heteroatoms. The van der Waals surface area contributed by atoms with Gasteiger partial charge in [0, 0.05) is 23.9 Å². The van der Waals surface area contributed by atoms with E-state index in [0.717, 1.165) is 4.88 Å². The molecule has 0 aliphatic carbocycles. The molecule has 104 valence electrons. The monoisotopic (exact) mass is 280 g/mol. The molecule has 0 radical (unpaired) electrons. The molecule has 2 heterocycles. The highest BCUT2D eigenvalue weighted by Gasteiger charge is 2.36. The van der Waals surface area contributed by atoms with Crippen LogP contribution in [0.25, 0.3) is 0 Å². The van der Waals surface area contributed by atoms with Crippen molar-refractivity contribution >= 4 is 23.2 Å². The third-order valence-corrected chi connectivity index (χ3v) is 5.05. The molecule has 0 spiro atoms. The average molecular weight is 280 g/mol. The van der Waals surface area contributed by atoms with E-state index in [1.54, 1.807) is 11.3 Å². The first-order chi connectivity index (χ1) is 8.93. The fraction of sp³-hybridized carbons (Fsp3) is 0.571. The number of primary amides is 1. The summed E-state index contributed by atoms with van der Waals surface area (Å²) in [6, 6.07) is 3.97. The summed E-state index contributed by atoms with van der Waals surface area (Å²) in [7, 11) is 0. The Morgan fingerprint density at radius 3 is 2.47 bits per heavy atom. The number of nitrogens with two attached hydrogens (primary N) is 1. The second-order valence-electron chi connectivity index (χ2n) is 5.57. The van der Waals surface area contributed by atoms with Crippen LogP contribution in [0.1, 0.15) is 31.6 Å². The summed E-state index contributed by atoms with van der Waals surface area (Å²) < 4.78 is 0. The minimum atomic E-state index is -0.492. The summed E-state index contributed by atoms with van der Waals surface area (Å²) in [6.07, 6.45) is 1.36. The maximum atomic E-state index is 12.6. The van der Waals surface area contributed by atoms with E-state index in [1.165, 1.54) is 0 Å². The first kappa shape index (κ1) is 14.1. The number of carbonyl (C=O) groups excluding carboxylic acids is 2. The molecule has 0 atom stereocenters. The van der Waals surface area contributed by atoms with Crippen molar-refractivity contribution in [1.82, 2.24) is 4.90 Å². The predicted octanol–water partition coefficient (Wildman–Crippen LogP) is 1.75. The summed E-state index contributed by atoms with van der Waals surface area (Å²) in [6.45, 7) is 5.17. The lowest BCUT2D eigenvalue weighted by Gasteiger charge is -2.35. The molecule has 1 saturated heterocycles. The van der Waals surface area contributed by atoms with Crippen LogP contribution in [0.4, 0.5) is 0 Å². The fourth-order valence-corrected chi connectivity index (χ4v) is 3.34. The molecular weight excluding hydrogens is 260 g/mol. The van der Waals surface area contributed by atoms with Gasteiger partial charge in [0.15, 0.2) is 0 Å². The Morgan fingerprint density at radius 1 is 1.37 bits per heavy atom. The minimum absolute atomic E-state index is 0.0751. The van der Waals surface area contributed by atoms with E-state index in [9.17, 15) is 9.59 Å². The Balaban J connectivity index is 2.04. The highest BCUT2D eigenvalue weighted by Crippen LogP contribution is 2.31. The zero-order chi connectivity index (χ0) is 14.0. The van der Waals surface area contributed by atoms with Gasteiger partial charge in [-0.2, -0.15) is 0 Å². The van der Waals surface area contributed by atoms with Gasteiger partial charge < -0.3 is 10.6 Å². The lowest BCUT2D eigenvalue weighted by Crippen LogP contribution is -2.48. The first-order valence-electron chi connectivity index (χ1n) is 6.55. The van der Waals surface area contributed by atoms with Crippen LogP contribution in [0.2, 0.25) is 0 Å². The molecule has 4 nitrogen and oxygen atoms in total. The van der Waals surface area contributed by atoms with Crippen molar-refractivity contribution in [2.75, 3.05) is 13.1 Å². The smallest absolute Gasteiger partial charge is 0.233 e. The average Bonchev–Trinajstić information content (AvgIpc) is 2.92. The number of likely N-dealkylation sites (tertiary alicyclic amines) is 1. The van der Waals surface area contributed by atoms with Crippen LogP contribution in [0.5, 0.6) is 0 Å². The largest absolute Gasteiger partial charge is 0.369 e. The number of carbonyl (C=O) groups is 2. The van der Waals surface area contributed by atoms with E-state index in [0.29, 0.717) is 25.9 Å². The molecule has 0 saturated carbocycles. The minimum Gasteiger partial charge on any atom is -0.369 e. The van der Waals surface area contributed by atoms with Crippen molar-refractivity contribution in [3.8, 4) is 0 Å². The second-order valence-corrected chi connectivity index (χ2v) is 6.52. The first-order valence-corrected chi connectivity index (χ1v) is 7.43. The predicted molar refractivity (Wildman–Crippen MR) is 75.8 cm³/mol. The summed E-state index contributed by atoms with van der Waals surface area (Å²) in [4.78, 5) is 26.7. The van der Waals surface area contributed by atoms with Gasteiger partial charge in [-0.1, -0.05) is 6.07 Å². The van der Waals surface area contributed by atoms with E-state index in [-0.39, 0.29) is 17.7 Å². The van der Waals surface area contributed by atoms with Crippen LogP contribution in [0.15, 0.2) is 17.5 Å². The molecule has 1 fully saturated rings. The summed E-state index contributed by atoms with van der Waals surface area (Å²) in [5.74, 6) is -0.184. The number of thiophene rings is 1. The third-order valence-electron chi connectivity index (χ3n) is 3.86. The van der Waals surface area contributed by atoms with E-state index < -0.39 is 5.41 Å². The molecule has 2 rings (SSSR count). The maximum absolute atomic E-state index is 12.6. The van der Waals surface area contributed by atoms with Crippen molar-refractivity contribution in [2.45, 2.75) is 32.1 Å². The number of nitrogens with zero attached hydrogens (tertiary/aromatic N) is 1. The molecule has 2 N–H and O–H groups in total. The molecule has 0 unspecified atom stereocenters. The van der Waals surface area contributed by atoms with Crippen LogP contribution in [0, 0.1) is 5.92 Å². The number of rotatable bonds is 3. The highest BCUT2D eigenvalue weighted by molar-refractivity contribution is 7.10. The van der Waals surface area contributed by atoms with Gasteiger partial charge in [0.2, 0.25) is 11.8 Å². The van der Waals surface area contributed by atoms with Crippen LogP contribution in [-0.4, -0.2) is 29.8 Å². The second kappa shape index (κ2) is 5.33. The van der Waals surface area contributed by atoms with Gasteiger partial charge in [0.1, 0.15) is 0 Å². The SMILES string of the molecule is CC(C)(C(=O)N1CCC(C(N)=O)CC1)c1cccs1. The molecule has 1 aliphatic heterocycles. The topological polar surface area (TPSA) is 63.4 Å². The number of piperidine rings is 1. The lowest BCUT2D eigenvalue weighted by molar-refractivity contribution is -0.139. The van der Waals surface area contributed by atoms with Crippen LogP contribution < -0.4 is 5.73 Å². The number of amides is 2. The summed E-state index contributed by atoms with van der Waals surface area (Å²) in [5, 5.41) is 1.99. The quantitative estimate of drug-likeness (QED) is 0.916. The fourth-order valence-electron chi connectivity index (χ4n) is 2.50. The molecule has 2 amide bonds. The number of hydrogen-bond donors (Lipinski definition) is 1. The normalized spacial score (nSPS) is 17.5. The Morgan fingerprint density at radius 2 is 2.00 bits per heavy atom. The van der Waals surface area contributed by atoms with Crippen molar-refractivity contribution in [3.05, 3.63) is 22.4 Å². The Bertz CT molecular complexity index is 460. The Kier molecular flexibility index (Phi) is 3.94. The molecule has 0 bridgehead atoms. The zero-order valence-corrected chi connectivity index (χ0v) is 12.2. The van der Waals surface area contributed by atoms with Crippen molar-refractivity contribution < 1.29 is 9.59 Å². The molecule has 1 aromatic heterocycles. The van der Waals surface area contributed by atoms with Crippen molar-refractivity contribution in [3.63, 3.8) is 0 Å². The van der Waals surface area contributed by atoms with Gasteiger partial charge in [-0.25, -0.2) is 0 Å². The highest BCUT2D eigenvalue weighted by atomic mass is 32.1. The summed E-state index contributed by atoms with van der Waals surface area (Å²) >= 11 is 1.61. The van der Waals surface area contributed by atoms with E-state index in [1.807, 2.05) is 36.3 Å². The molecule has 0 aromatic carbocycles. The van der Waals surface area contributed by atoms with Gasteiger partial charge in [-0.15, -0.1) is 11.3 Å². The lowest BCUT2D eigenvalue weighted by atomic mass is 9.87. The molecule has 1 aliphatic rings. The van der Waals surface area contributed by atoms with Crippen LogP contribution in [-0.2, 0) is 15.0 Å². The Labute approximate surface area is 117 Å². The van der Waals surface area contributed by atoms with E-state index >= 15 is 0 Å². The van der Waals surface area contributed by atoms with E-state index in [4.69, 9.17) is 5.73 Å². The third kappa shape index (κ3) is 2.81. The van der Waals surface area contributed by atoms with Crippen LogP contribution in [0.3, 0.4) is 0 Å². The van der Waals surface area contributed by atoms with Gasteiger partial charge >= 0.3 is 0 Å². The van der Waals surface area contributed by atoms with Gasteiger partial charge in [0.05, 0.1) is 5.41 Å². The van der Waals surface area contributed by atoms with Gasteiger partial charge in [0.25, 0.3) is 0 Å². The van der Waals surface area contributed by atoms with Crippen molar-refractivity contribution in [2.24, 2.45) is 11.7 Å². The maximum Gasteiger partial charge on any atom is 0.233 e. The molecule has 19 heavy (non-hydrogen) atoms. The molecule has 1 aromatic rings. The zero-order valence-electron chi connectivity index (χ0n) is 11.4. The van der Waals surface area contributed by atoms with Gasteiger partial charge in [-0.05, 0) is 38.1 Å².